The van der Waals surface area contributed by atoms with E-state index in [0.29, 0.717) is 23.8 Å². The maximum absolute atomic E-state index is 11.9. The van der Waals surface area contributed by atoms with E-state index in [1.807, 2.05) is 13.8 Å². The summed E-state index contributed by atoms with van der Waals surface area (Å²) >= 11 is 5.78. The van der Waals surface area contributed by atoms with Crippen molar-refractivity contribution in [2.45, 2.75) is 13.8 Å². The quantitative estimate of drug-likeness (QED) is 0.806. The van der Waals surface area contributed by atoms with E-state index in [0.717, 1.165) is 0 Å². The van der Waals surface area contributed by atoms with E-state index in [1.165, 1.54) is 0 Å². The molecule has 0 atom stereocenters. The fourth-order valence-electron chi connectivity index (χ4n) is 1.67. The van der Waals surface area contributed by atoms with E-state index in [-0.39, 0.29) is 24.9 Å². The van der Waals surface area contributed by atoms with Gasteiger partial charge < -0.3 is 10.6 Å². The molecule has 20 heavy (non-hydrogen) atoms. The molecule has 6 heteroatoms. The van der Waals surface area contributed by atoms with Gasteiger partial charge in [0.05, 0.1) is 13.1 Å². The number of anilines is 1. The highest BCUT2D eigenvalue weighted by atomic mass is 35.5. The Labute approximate surface area is 124 Å². The molecule has 0 radical (unpaired) electrons. The van der Waals surface area contributed by atoms with Crippen LogP contribution in [0, 0.1) is 0 Å². The number of carbonyl (C=O) groups is 2. The molecular formula is C14H20ClN3O2. The number of hydrogen-bond acceptors (Lipinski definition) is 3. The van der Waals surface area contributed by atoms with E-state index in [9.17, 15) is 9.59 Å². The van der Waals surface area contributed by atoms with Gasteiger partial charge in [0.25, 0.3) is 0 Å². The Kier molecular flexibility index (Phi) is 7.04. The summed E-state index contributed by atoms with van der Waals surface area (Å²) in [5.41, 5.74) is 0.688. The normalized spacial score (nSPS) is 10.4. The lowest BCUT2D eigenvalue weighted by atomic mass is 10.3. The minimum Gasteiger partial charge on any atom is -0.355 e. The number of rotatable bonds is 7. The Morgan fingerprint density at radius 2 is 1.70 bits per heavy atom. The Morgan fingerprint density at radius 3 is 2.25 bits per heavy atom. The van der Waals surface area contributed by atoms with Gasteiger partial charge in [0.2, 0.25) is 11.8 Å². The number of benzene rings is 1. The average Bonchev–Trinajstić information content (AvgIpc) is 2.41. The Balaban J connectivity index is 2.46. The molecule has 0 fully saturated rings. The van der Waals surface area contributed by atoms with Crippen LogP contribution >= 0.6 is 11.6 Å². The Bertz CT molecular complexity index is 448. The molecule has 1 aromatic carbocycles. The first-order chi connectivity index (χ1) is 9.55. The van der Waals surface area contributed by atoms with Crippen molar-refractivity contribution in [2.75, 3.05) is 31.5 Å². The van der Waals surface area contributed by atoms with E-state index in [2.05, 4.69) is 10.6 Å². The highest BCUT2D eigenvalue weighted by Gasteiger charge is 2.12. The van der Waals surface area contributed by atoms with Crippen LogP contribution in [0.15, 0.2) is 24.3 Å². The summed E-state index contributed by atoms with van der Waals surface area (Å²) in [5.74, 6) is -0.230. The molecule has 5 nitrogen and oxygen atoms in total. The summed E-state index contributed by atoms with van der Waals surface area (Å²) in [4.78, 5) is 25.2. The molecule has 0 bridgehead atoms. The third-order valence-electron chi connectivity index (χ3n) is 2.68. The third kappa shape index (κ3) is 6.04. The van der Waals surface area contributed by atoms with Crippen LogP contribution in [0.3, 0.4) is 0 Å². The molecule has 0 aromatic heterocycles. The van der Waals surface area contributed by atoms with Gasteiger partial charge in [-0.1, -0.05) is 18.5 Å². The van der Waals surface area contributed by atoms with Crippen molar-refractivity contribution >= 4 is 29.1 Å². The van der Waals surface area contributed by atoms with Crippen molar-refractivity contribution < 1.29 is 9.59 Å². The van der Waals surface area contributed by atoms with Gasteiger partial charge in [0.15, 0.2) is 0 Å². The van der Waals surface area contributed by atoms with Crippen LogP contribution in [0.5, 0.6) is 0 Å². The summed E-state index contributed by atoms with van der Waals surface area (Å²) < 4.78 is 0. The summed E-state index contributed by atoms with van der Waals surface area (Å²) in [6, 6.07) is 6.90. The van der Waals surface area contributed by atoms with Gasteiger partial charge in [-0.15, -0.1) is 0 Å². The first-order valence-corrected chi connectivity index (χ1v) is 6.97. The maximum atomic E-state index is 11.9. The number of amides is 2. The maximum Gasteiger partial charge on any atom is 0.238 e. The molecule has 0 spiro atoms. The number of halogens is 1. The lowest BCUT2D eigenvalue weighted by molar-refractivity contribution is -0.123. The van der Waals surface area contributed by atoms with Crippen LogP contribution in [0.2, 0.25) is 5.02 Å². The van der Waals surface area contributed by atoms with E-state index < -0.39 is 0 Å². The molecule has 2 amide bonds. The zero-order valence-electron chi connectivity index (χ0n) is 11.8. The van der Waals surface area contributed by atoms with Crippen LogP contribution in [0.25, 0.3) is 0 Å². The second-order valence-electron chi connectivity index (χ2n) is 4.31. The summed E-state index contributed by atoms with van der Waals surface area (Å²) in [7, 11) is 0. The third-order valence-corrected chi connectivity index (χ3v) is 2.94. The number of nitrogens with zero attached hydrogens (tertiary/aromatic N) is 1. The molecule has 0 aliphatic carbocycles. The van der Waals surface area contributed by atoms with Crippen molar-refractivity contribution in [3.63, 3.8) is 0 Å². The smallest absolute Gasteiger partial charge is 0.238 e. The largest absolute Gasteiger partial charge is 0.355 e. The fourth-order valence-corrected chi connectivity index (χ4v) is 1.80. The van der Waals surface area contributed by atoms with Crippen LogP contribution in [0.1, 0.15) is 13.8 Å². The SMILES string of the molecule is CCNC(=O)CN(CC)CC(=O)Nc1ccc(Cl)cc1. The zero-order chi connectivity index (χ0) is 15.0. The standard InChI is InChI=1S/C14H20ClN3O2/c1-3-16-13(19)9-18(4-2)10-14(20)17-12-7-5-11(15)6-8-12/h5-8H,3-4,9-10H2,1-2H3,(H,16,19)(H,17,20). The second kappa shape index (κ2) is 8.55. The van der Waals surface area contributed by atoms with E-state index >= 15 is 0 Å². The number of nitrogens with one attached hydrogen (secondary N) is 2. The molecule has 0 unspecified atom stereocenters. The summed E-state index contributed by atoms with van der Waals surface area (Å²) in [5, 5.41) is 6.10. The lowest BCUT2D eigenvalue weighted by Crippen LogP contribution is -2.40. The number of carbonyl (C=O) groups excluding carboxylic acids is 2. The van der Waals surface area contributed by atoms with Gasteiger partial charge in [0.1, 0.15) is 0 Å². The molecule has 0 aliphatic rings. The van der Waals surface area contributed by atoms with Crippen molar-refractivity contribution in [3.05, 3.63) is 29.3 Å². The second-order valence-corrected chi connectivity index (χ2v) is 4.75. The first kappa shape index (κ1) is 16.5. The lowest BCUT2D eigenvalue weighted by Gasteiger charge is -2.19. The van der Waals surface area contributed by atoms with Crippen LogP contribution in [-0.2, 0) is 9.59 Å². The first-order valence-electron chi connectivity index (χ1n) is 6.59. The summed E-state index contributed by atoms with van der Waals surface area (Å²) in [6.45, 7) is 5.39. The Hall–Kier alpha value is -1.59. The van der Waals surface area contributed by atoms with Crippen molar-refractivity contribution in [1.82, 2.24) is 10.2 Å². The minimum atomic E-state index is -0.154. The topological polar surface area (TPSA) is 61.4 Å². The number of hydrogen-bond donors (Lipinski definition) is 2. The van der Waals surface area contributed by atoms with Crippen molar-refractivity contribution in [3.8, 4) is 0 Å². The highest BCUT2D eigenvalue weighted by Crippen LogP contribution is 2.13. The molecule has 1 rings (SSSR count). The molecule has 0 saturated carbocycles. The number of likely N-dealkylation sites (N-methyl/N-ethyl adjacent to an activating group) is 2. The van der Waals surface area contributed by atoms with Gasteiger partial charge in [0, 0.05) is 17.3 Å². The van der Waals surface area contributed by atoms with Gasteiger partial charge in [-0.25, -0.2) is 0 Å². The van der Waals surface area contributed by atoms with Gasteiger partial charge >= 0.3 is 0 Å². The van der Waals surface area contributed by atoms with E-state index in [1.54, 1.807) is 29.2 Å². The van der Waals surface area contributed by atoms with Gasteiger partial charge in [-0.05, 0) is 37.7 Å². The minimum absolute atomic E-state index is 0.0753. The molecule has 110 valence electrons. The molecule has 1 aromatic rings. The molecular weight excluding hydrogens is 278 g/mol. The summed E-state index contributed by atoms with van der Waals surface area (Å²) in [6.07, 6.45) is 0. The van der Waals surface area contributed by atoms with Crippen LogP contribution in [0.4, 0.5) is 5.69 Å². The predicted octanol–water partition coefficient (Wildman–Crippen LogP) is 1.74. The fraction of sp³-hybridized carbons (Fsp3) is 0.429. The zero-order valence-corrected chi connectivity index (χ0v) is 12.5. The molecule has 2 N–H and O–H groups in total. The average molecular weight is 298 g/mol. The monoisotopic (exact) mass is 297 g/mol. The van der Waals surface area contributed by atoms with Crippen molar-refractivity contribution in [2.24, 2.45) is 0 Å². The molecule has 0 aliphatic heterocycles. The molecule has 0 saturated heterocycles. The Morgan fingerprint density at radius 1 is 1.10 bits per heavy atom. The van der Waals surface area contributed by atoms with E-state index in [4.69, 9.17) is 11.6 Å². The predicted molar refractivity (Wildman–Crippen MR) is 80.9 cm³/mol. The van der Waals surface area contributed by atoms with Gasteiger partial charge in [-0.2, -0.15) is 0 Å². The van der Waals surface area contributed by atoms with Crippen molar-refractivity contribution in [1.29, 1.82) is 0 Å². The van der Waals surface area contributed by atoms with Crippen LogP contribution < -0.4 is 10.6 Å². The highest BCUT2D eigenvalue weighted by molar-refractivity contribution is 6.30. The molecule has 0 heterocycles. The van der Waals surface area contributed by atoms with Gasteiger partial charge in [-0.3, -0.25) is 14.5 Å². The van der Waals surface area contributed by atoms with Crippen LogP contribution in [-0.4, -0.2) is 42.9 Å².